The lowest BCUT2D eigenvalue weighted by Gasteiger charge is -2.13. The average Bonchev–Trinajstić information content (AvgIpc) is 3.78. The molecule has 0 spiro atoms. The number of phenolic OH excluding ortho intramolecular Hbond substituents is 1. The third-order valence-electron chi connectivity index (χ3n) is 11.3. The molecule has 0 unspecified atom stereocenters. The summed E-state index contributed by atoms with van der Waals surface area (Å²) in [5.74, 6) is -13.7. The van der Waals surface area contributed by atoms with Gasteiger partial charge in [-0.25, -0.2) is 31.5 Å². The largest absolute Gasteiger partial charge is 0.506 e. The second kappa shape index (κ2) is 18.8. The fraction of sp³-hybridized carbons (Fsp3) is 0.115. The van der Waals surface area contributed by atoms with Gasteiger partial charge in [-0.05, 0) is 72.1 Å². The van der Waals surface area contributed by atoms with Crippen LogP contribution in [0.1, 0.15) is 50.5 Å². The molecule has 0 saturated heterocycles. The van der Waals surface area contributed by atoms with Crippen LogP contribution < -0.4 is 16.6 Å². The Labute approximate surface area is 395 Å². The number of halogens is 6. The number of esters is 2. The lowest BCUT2D eigenvalue weighted by atomic mass is 10.0. The van der Waals surface area contributed by atoms with Gasteiger partial charge in [0.2, 0.25) is 17.0 Å². The Morgan fingerprint density at radius 3 is 2.00 bits per heavy atom. The molecular weight excluding hydrogens is 941 g/mol. The van der Waals surface area contributed by atoms with E-state index < -0.39 is 74.8 Å². The quantitative estimate of drug-likeness (QED) is 0.0125. The molecule has 3 N–H and O–H groups in total. The number of pyridine rings is 1. The van der Waals surface area contributed by atoms with Crippen LogP contribution >= 0.6 is 0 Å². The Morgan fingerprint density at radius 2 is 1.32 bits per heavy atom. The van der Waals surface area contributed by atoms with Crippen molar-refractivity contribution < 1.29 is 64.5 Å². The summed E-state index contributed by atoms with van der Waals surface area (Å²) in [4.78, 5) is 75.5. The molecule has 1 aliphatic carbocycles. The highest BCUT2D eigenvalue weighted by molar-refractivity contribution is 6.24. The predicted molar refractivity (Wildman–Crippen MR) is 250 cm³/mol. The minimum atomic E-state index is -2.13. The summed E-state index contributed by atoms with van der Waals surface area (Å²) in [6.07, 6.45) is 2.25. The average molecular weight is 976 g/mol. The van der Waals surface area contributed by atoms with Crippen molar-refractivity contribution in [3.63, 3.8) is 0 Å². The third kappa shape index (κ3) is 8.40. The van der Waals surface area contributed by atoms with Gasteiger partial charge in [-0.2, -0.15) is 4.39 Å². The van der Waals surface area contributed by atoms with E-state index in [9.17, 15) is 60.2 Å². The van der Waals surface area contributed by atoms with E-state index in [-0.39, 0.29) is 58.3 Å². The number of hydrogen-bond acceptors (Lipinski definition) is 12. The summed E-state index contributed by atoms with van der Waals surface area (Å²) in [5, 5.41) is 11.5. The number of Topliss-reactive ketones (excluding diaryl/α,β-unsaturated/α-hetero) is 1. The van der Waals surface area contributed by atoms with Gasteiger partial charge in [-0.3, -0.25) is 19.2 Å². The highest BCUT2D eigenvalue weighted by Gasteiger charge is 2.30. The molecule has 2 heterocycles. The first-order valence-corrected chi connectivity index (χ1v) is 21.2. The lowest BCUT2D eigenvalue weighted by Crippen LogP contribution is -2.21. The van der Waals surface area contributed by atoms with Crippen molar-refractivity contribution in [1.82, 2.24) is 9.30 Å². The molecule has 7 aromatic carbocycles. The second-order valence-corrected chi connectivity index (χ2v) is 15.9. The number of nitrogen functional groups attached to an aromatic ring is 1. The van der Waals surface area contributed by atoms with Crippen molar-refractivity contribution in [3.05, 3.63) is 181 Å². The van der Waals surface area contributed by atoms with Gasteiger partial charge in [0.05, 0.1) is 35.4 Å². The van der Waals surface area contributed by atoms with Crippen molar-refractivity contribution in [2.45, 2.75) is 13.8 Å². The number of aromatic hydroxyl groups is 1. The highest BCUT2D eigenvalue weighted by Crippen LogP contribution is 2.40. The van der Waals surface area contributed by atoms with Crippen LogP contribution in [-0.4, -0.2) is 65.2 Å². The fourth-order valence-corrected chi connectivity index (χ4v) is 8.09. The van der Waals surface area contributed by atoms with Gasteiger partial charge in [-0.15, -0.1) is 0 Å². The van der Waals surface area contributed by atoms with Crippen molar-refractivity contribution in [3.8, 4) is 16.9 Å². The number of ether oxygens (including phenoxy) is 2. The predicted octanol–water partition coefficient (Wildman–Crippen LogP) is 9.38. The number of carbonyl (C=O) groups is 4. The van der Waals surface area contributed by atoms with Crippen LogP contribution in [0.2, 0.25) is 0 Å². The summed E-state index contributed by atoms with van der Waals surface area (Å²) in [6.45, 7) is 3.04. The van der Waals surface area contributed by atoms with Gasteiger partial charge in [0.15, 0.2) is 51.5 Å². The van der Waals surface area contributed by atoms with E-state index >= 15 is 0 Å². The van der Waals surface area contributed by atoms with Gasteiger partial charge in [0.1, 0.15) is 22.4 Å². The standard InChI is InChI=1S/C25H13F2NO5.C14H13F4NO3.C13H9NO2/c1-2-32-25(31)16-10-28-18-8-13-11-5-3-4-6-12(11)22(29)14(13)9-19(18)33-24-20(27)17(26)7-15(21(24)28)23(16)30;1-4-22-14(21)8(6-19(2)3)13(20)7-5-9(15)11(17)12(18)10(7)16;14-11-5-9-7-3-1-2-4-8(7)13(16)10(9)6-12(11)15/h3-10H,2H2,1H3;5-6H,4H2,1-3H3;1-6,15H,14H2/b;8-6-;. The van der Waals surface area contributed by atoms with E-state index in [2.05, 4.69) is 4.74 Å². The van der Waals surface area contributed by atoms with Gasteiger partial charge >= 0.3 is 11.9 Å². The zero-order chi connectivity index (χ0) is 51.3. The summed E-state index contributed by atoms with van der Waals surface area (Å²) < 4.78 is 98.8. The Kier molecular flexibility index (Phi) is 12.8. The number of carbonyl (C=O) groups excluding carboxylic acids is 4. The third-order valence-corrected chi connectivity index (χ3v) is 11.3. The van der Waals surface area contributed by atoms with E-state index in [0.29, 0.717) is 38.5 Å². The zero-order valence-corrected chi connectivity index (χ0v) is 37.5. The molecular formula is C52H35F6N3O10. The Bertz CT molecular complexity index is 3900. The number of aromatic nitrogens is 1. The molecule has 0 saturated carbocycles. The molecule has 71 heavy (non-hydrogen) atoms. The van der Waals surface area contributed by atoms with Crippen LogP contribution in [0.4, 0.5) is 32.0 Å². The van der Waals surface area contributed by atoms with Gasteiger partial charge in [0.25, 0.3) is 0 Å². The summed E-state index contributed by atoms with van der Waals surface area (Å²) in [5.41, 5.74) is 5.67. The number of anilines is 1. The Hall–Kier alpha value is -9.00. The first-order valence-electron chi connectivity index (χ1n) is 21.2. The van der Waals surface area contributed by atoms with Crippen molar-refractivity contribution in [1.29, 1.82) is 0 Å². The molecule has 0 bridgehead atoms. The summed E-state index contributed by atoms with van der Waals surface area (Å²) in [6, 6.07) is 21.6. The monoisotopic (exact) mass is 975 g/mol. The zero-order valence-electron chi connectivity index (χ0n) is 37.5. The fourth-order valence-electron chi connectivity index (χ4n) is 8.09. The number of ketones is 2. The summed E-state index contributed by atoms with van der Waals surface area (Å²) >= 11 is 0. The SMILES string of the molecule is CCOC(=O)/C(=C\N(C)C)C(=O)c1cc(F)c(F)c(F)c1F.CCOC(=O)c1cn2c3cc4c(cc3oc3c(F)c(F)cc(c1=O)c32)c(=O)c1ccccc14.Nc1cc2c(cc1O)C(=O)c1ccccc1-2. The van der Waals surface area contributed by atoms with Crippen molar-refractivity contribution >= 4 is 78.3 Å². The molecule has 0 radical (unpaired) electrons. The topological polar surface area (TPSA) is 188 Å². The Balaban J connectivity index is 0.000000154. The number of phenols is 1. The van der Waals surface area contributed by atoms with Crippen LogP contribution in [0.5, 0.6) is 5.75 Å². The van der Waals surface area contributed by atoms with Crippen LogP contribution in [0.15, 0.2) is 117 Å². The number of benzene rings is 6. The normalized spacial score (nSPS) is 11.9. The second-order valence-electron chi connectivity index (χ2n) is 15.9. The van der Waals surface area contributed by atoms with E-state index in [0.717, 1.165) is 28.8 Å². The molecule has 0 fully saturated rings. The lowest BCUT2D eigenvalue weighted by molar-refractivity contribution is -0.138. The number of nitrogens with zero attached hydrogens (tertiary/aromatic N) is 2. The van der Waals surface area contributed by atoms with Crippen LogP contribution in [0, 0.1) is 34.9 Å². The molecule has 0 amide bonds. The smallest absolute Gasteiger partial charge is 0.343 e. The van der Waals surface area contributed by atoms with Gasteiger partial charge in [-0.1, -0.05) is 48.5 Å². The summed E-state index contributed by atoms with van der Waals surface area (Å²) in [7, 11) is 2.93. The van der Waals surface area contributed by atoms with Crippen molar-refractivity contribution in [2.24, 2.45) is 0 Å². The first kappa shape index (κ1) is 48.5. The van der Waals surface area contributed by atoms with E-state index in [1.807, 2.05) is 24.3 Å². The number of rotatable bonds is 7. The molecule has 19 heteroatoms. The Morgan fingerprint density at radius 1 is 0.676 bits per heavy atom. The van der Waals surface area contributed by atoms with E-state index in [1.54, 1.807) is 43.3 Å². The minimum Gasteiger partial charge on any atom is -0.506 e. The molecule has 1 aliphatic rings. The molecule has 0 aliphatic heterocycles. The van der Waals surface area contributed by atoms with Gasteiger partial charge in [0, 0.05) is 48.4 Å². The number of nitrogens with two attached hydrogens (primary N) is 1. The first-order chi connectivity index (χ1) is 33.8. The molecule has 9 aromatic rings. The molecule has 0 atom stereocenters. The highest BCUT2D eigenvalue weighted by atomic mass is 19.2. The molecule has 10 rings (SSSR count). The van der Waals surface area contributed by atoms with E-state index in [4.69, 9.17) is 14.9 Å². The molecule has 13 nitrogen and oxygen atoms in total. The maximum Gasteiger partial charge on any atom is 0.343 e. The van der Waals surface area contributed by atoms with Crippen molar-refractivity contribution in [2.75, 3.05) is 33.0 Å². The maximum absolute atomic E-state index is 14.7. The number of fused-ring (bicyclic) bond motifs is 8. The molecule has 2 aromatic heterocycles. The minimum absolute atomic E-state index is 0.0167. The molecule has 360 valence electrons. The number of hydrogen-bond donors (Lipinski definition) is 2. The van der Waals surface area contributed by atoms with Crippen LogP contribution in [0.25, 0.3) is 60.3 Å². The van der Waals surface area contributed by atoms with Gasteiger partial charge < -0.3 is 34.0 Å². The van der Waals surface area contributed by atoms with E-state index in [1.165, 1.54) is 48.6 Å². The van der Waals surface area contributed by atoms with Crippen LogP contribution in [-0.2, 0) is 14.3 Å². The van der Waals surface area contributed by atoms with Crippen LogP contribution in [0.3, 0.4) is 0 Å². The maximum atomic E-state index is 14.7.